The minimum atomic E-state index is -0.994. The fourth-order valence-corrected chi connectivity index (χ4v) is 4.29. The fraction of sp³-hybridized carbons (Fsp3) is 0.160. The van der Waals surface area contributed by atoms with Crippen molar-refractivity contribution in [3.8, 4) is 17.6 Å². The van der Waals surface area contributed by atoms with Crippen LogP contribution in [0, 0.1) is 11.3 Å². The van der Waals surface area contributed by atoms with Crippen LogP contribution in [-0.2, 0) is 18.0 Å². The number of amides is 1. The zero-order valence-corrected chi connectivity index (χ0v) is 19.0. The van der Waals surface area contributed by atoms with Crippen LogP contribution in [0.5, 0.6) is 11.5 Å². The molecule has 0 aliphatic carbocycles. The number of hydrogen-bond donors (Lipinski definition) is 3. The molecule has 0 aliphatic rings. The number of nitrogens with one attached hydrogen (secondary N) is 1. The molecule has 4 aromatic rings. The molecule has 0 aliphatic heterocycles. The van der Waals surface area contributed by atoms with Gasteiger partial charge in [0.2, 0.25) is 6.10 Å². The minimum Gasteiger partial charge on any atom is -0.497 e. The molecule has 0 radical (unpaired) electrons. The topological polar surface area (TPSA) is 125 Å². The van der Waals surface area contributed by atoms with Gasteiger partial charge in [-0.1, -0.05) is 23.5 Å². The van der Waals surface area contributed by atoms with Crippen molar-refractivity contribution >= 4 is 32.6 Å². The first-order chi connectivity index (χ1) is 16.5. The number of carbonyl (C=O) groups excluding carboxylic acids is 1. The third kappa shape index (κ3) is 5.00. The summed E-state index contributed by atoms with van der Waals surface area (Å²) in [5.41, 5.74) is 2.89. The van der Waals surface area contributed by atoms with E-state index in [1.165, 1.54) is 11.3 Å². The van der Waals surface area contributed by atoms with E-state index in [1.807, 2.05) is 6.07 Å². The molecule has 3 aromatic carbocycles. The maximum absolute atomic E-state index is 13.3. The summed E-state index contributed by atoms with van der Waals surface area (Å²) in [7, 11) is 1.56. The molecule has 0 saturated heterocycles. The fourth-order valence-electron chi connectivity index (χ4n) is 3.37. The van der Waals surface area contributed by atoms with Gasteiger partial charge in [0.25, 0.3) is 5.91 Å². The van der Waals surface area contributed by atoms with Gasteiger partial charge in [-0.3, -0.25) is 10.1 Å². The molecule has 8 nitrogen and oxygen atoms in total. The molecule has 1 unspecified atom stereocenters. The zero-order valence-electron chi connectivity index (χ0n) is 18.2. The Morgan fingerprint density at radius 1 is 1.06 bits per heavy atom. The molecule has 34 heavy (non-hydrogen) atoms. The second kappa shape index (κ2) is 10.3. The molecule has 1 heterocycles. The Bertz CT molecular complexity index is 1300. The Hall–Kier alpha value is -3.97. The summed E-state index contributed by atoms with van der Waals surface area (Å²) in [5, 5.41) is 31.2. The summed E-state index contributed by atoms with van der Waals surface area (Å²) in [4.78, 5) is 17.7. The van der Waals surface area contributed by atoms with Gasteiger partial charge >= 0.3 is 0 Å². The lowest BCUT2D eigenvalue weighted by atomic mass is 10.1. The Balaban J connectivity index is 1.63. The van der Waals surface area contributed by atoms with Crippen molar-refractivity contribution < 1.29 is 24.5 Å². The number of ether oxygens (including phenoxy) is 2. The quantitative estimate of drug-likeness (QED) is 0.353. The number of rotatable bonds is 8. The molecular formula is C25H21N3O5S. The second-order valence-electron chi connectivity index (χ2n) is 7.32. The third-order valence-electron chi connectivity index (χ3n) is 5.17. The highest BCUT2D eigenvalue weighted by Crippen LogP contribution is 2.31. The standard InChI is InChI=1S/C25H21N3O5S/c1-32-19-8-4-16(5-9-19)23(33-20-6-2-15(12-26)3-7-20)24(31)28-25-27-21-10-17(13-29)18(14-30)11-22(21)34-25/h2-11,23,29-30H,13-14H2,1H3,(H,27,28,31). The summed E-state index contributed by atoms with van der Waals surface area (Å²) in [6.07, 6.45) is -0.994. The number of aliphatic hydroxyl groups excluding tert-OH is 2. The lowest BCUT2D eigenvalue weighted by Crippen LogP contribution is -2.25. The lowest BCUT2D eigenvalue weighted by Gasteiger charge is -2.19. The Kier molecular flexibility index (Phi) is 7.04. The number of aromatic nitrogens is 1. The minimum absolute atomic E-state index is 0.205. The van der Waals surface area contributed by atoms with E-state index in [4.69, 9.17) is 14.7 Å². The number of fused-ring (bicyclic) bond motifs is 1. The van der Waals surface area contributed by atoms with E-state index < -0.39 is 12.0 Å². The summed E-state index contributed by atoms with van der Waals surface area (Å²) < 4.78 is 12.0. The first kappa shape index (κ1) is 23.2. The van der Waals surface area contributed by atoms with Gasteiger partial charge < -0.3 is 19.7 Å². The highest BCUT2D eigenvalue weighted by atomic mass is 32.1. The van der Waals surface area contributed by atoms with Crippen molar-refractivity contribution in [2.24, 2.45) is 0 Å². The van der Waals surface area contributed by atoms with Gasteiger partial charge in [-0.25, -0.2) is 4.98 Å². The molecule has 3 N–H and O–H groups in total. The molecule has 0 fully saturated rings. The predicted octanol–water partition coefficient (Wildman–Crippen LogP) is 3.92. The van der Waals surface area contributed by atoms with Gasteiger partial charge in [-0.05, 0) is 59.7 Å². The van der Waals surface area contributed by atoms with Crippen LogP contribution in [0.15, 0.2) is 60.7 Å². The van der Waals surface area contributed by atoms with Gasteiger partial charge in [0.05, 0.1) is 42.2 Å². The zero-order chi connectivity index (χ0) is 24.1. The van der Waals surface area contributed by atoms with Crippen LogP contribution in [0.3, 0.4) is 0 Å². The van der Waals surface area contributed by atoms with Gasteiger partial charge in [0, 0.05) is 5.56 Å². The molecule has 1 amide bonds. The van der Waals surface area contributed by atoms with Crippen LogP contribution < -0.4 is 14.8 Å². The Morgan fingerprint density at radius 2 is 1.71 bits per heavy atom. The van der Waals surface area contributed by atoms with Gasteiger partial charge in [0.1, 0.15) is 11.5 Å². The second-order valence-corrected chi connectivity index (χ2v) is 8.35. The predicted molar refractivity (Wildman–Crippen MR) is 128 cm³/mol. The molecule has 1 atom stereocenters. The van der Waals surface area contributed by atoms with Crippen molar-refractivity contribution in [2.45, 2.75) is 19.3 Å². The highest BCUT2D eigenvalue weighted by Gasteiger charge is 2.24. The maximum Gasteiger partial charge on any atom is 0.271 e. The molecule has 0 spiro atoms. The molecule has 172 valence electrons. The van der Waals surface area contributed by atoms with Gasteiger partial charge in [-0.15, -0.1) is 0 Å². The third-order valence-corrected chi connectivity index (χ3v) is 6.11. The molecule has 1 aromatic heterocycles. The summed E-state index contributed by atoms with van der Waals surface area (Å²) in [5.74, 6) is 0.643. The number of thiazole rings is 1. The van der Waals surface area contributed by atoms with Crippen LogP contribution in [0.4, 0.5) is 5.13 Å². The van der Waals surface area contributed by atoms with E-state index in [-0.39, 0.29) is 13.2 Å². The molecule has 0 saturated carbocycles. The van der Waals surface area contributed by atoms with E-state index in [9.17, 15) is 15.0 Å². The van der Waals surface area contributed by atoms with E-state index >= 15 is 0 Å². The number of hydrogen-bond acceptors (Lipinski definition) is 8. The lowest BCUT2D eigenvalue weighted by molar-refractivity contribution is -0.123. The van der Waals surface area contributed by atoms with Gasteiger partial charge in [-0.2, -0.15) is 5.26 Å². The summed E-state index contributed by atoms with van der Waals surface area (Å²) in [6, 6.07) is 19.0. The Labute approximate surface area is 199 Å². The number of anilines is 1. The number of nitriles is 1. The maximum atomic E-state index is 13.3. The van der Waals surface area contributed by atoms with Crippen LogP contribution in [0.1, 0.15) is 28.4 Å². The van der Waals surface area contributed by atoms with Crippen LogP contribution in [-0.4, -0.2) is 28.2 Å². The van der Waals surface area contributed by atoms with E-state index in [0.717, 1.165) is 4.70 Å². The normalized spacial score (nSPS) is 11.6. The number of methoxy groups -OCH3 is 1. The number of nitrogens with zero attached hydrogens (tertiary/aromatic N) is 2. The van der Waals surface area contributed by atoms with E-state index in [2.05, 4.69) is 10.3 Å². The van der Waals surface area contributed by atoms with Crippen molar-refractivity contribution in [1.82, 2.24) is 4.98 Å². The molecule has 4 rings (SSSR count). The van der Waals surface area contributed by atoms with E-state index in [0.29, 0.717) is 44.4 Å². The first-order valence-electron chi connectivity index (χ1n) is 10.3. The first-order valence-corrected chi connectivity index (χ1v) is 11.1. The van der Waals surface area contributed by atoms with Crippen LogP contribution in [0.2, 0.25) is 0 Å². The van der Waals surface area contributed by atoms with Crippen molar-refractivity contribution in [3.63, 3.8) is 0 Å². The monoisotopic (exact) mass is 475 g/mol. The number of benzene rings is 3. The summed E-state index contributed by atoms with van der Waals surface area (Å²) in [6.45, 7) is -0.424. The van der Waals surface area contributed by atoms with E-state index in [1.54, 1.807) is 67.8 Å². The average Bonchev–Trinajstić information content (AvgIpc) is 3.27. The smallest absolute Gasteiger partial charge is 0.271 e. The van der Waals surface area contributed by atoms with Crippen LogP contribution in [0.25, 0.3) is 10.2 Å². The molecular weight excluding hydrogens is 454 g/mol. The van der Waals surface area contributed by atoms with Crippen molar-refractivity contribution in [2.75, 3.05) is 12.4 Å². The number of aliphatic hydroxyl groups is 2. The number of carbonyl (C=O) groups is 1. The summed E-state index contributed by atoms with van der Waals surface area (Å²) >= 11 is 1.26. The SMILES string of the molecule is COc1ccc(C(Oc2ccc(C#N)cc2)C(=O)Nc2nc3cc(CO)c(CO)cc3s2)cc1. The molecule has 9 heteroatoms. The van der Waals surface area contributed by atoms with Gasteiger partial charge in [0.15, 0.2) is 5.13 Å². The molecule has 0 bridgehead atoms. The Morgan fingerprint density at radius 3 is 2.32 bits per heavy atom. The largest absolute Gasteiger partial charge is 0.497 e. The van der Waals surface area contributed by atoms with Crippen LogP contribution >= 0.6 is 11.3 Å². The average molecular weight is 476 g/mol. The van der Waals surface area contributed by atoms with Crippen molar-refractivity contribution in [3.05, 3.63) is 82.9 Å². The van der Waals surface area contributed by atoms with Crippen molar-refractivity contribution in [1.29, 1.82) is 5.26 Å². The highest BCUT2D eigenvalue weighted by molar-refractivity contribution is 7.22.